The highest BCUT2D eigenvalue weighted by atomic mass is 31.1. The van der Waals surface area contributed by atoms with Crippen LogP contribution in [0.4, 0.5) is 0 Å². The Labute approximate surface area is 165 Å². The highest BCUT2D eigenvalue weighted by Crippen LogP contribution is 2.44. The van der Waals surface area contributed by atoms with Crippen LogP contribution < -0.4 is 15.9 Å². The molecular formula is C26H29P. The van der Waals surface area contributed by atoms with Gasteiger partial charge in [0, 0.05) is 0 Å². The Balaban J connectivity index is 2.11. The Morgan fingerprint density at radius 1 is 0.481 bits per heavy atom. The van der Waals surface area contributed by atoms with Crippen molar-refractivity contribution >= 4 is 23.8 Å². The van der Waals surface area contributed by atoms with Crippen molar-refractivity contribution in [3.05, 3.63) is 86.5 Å². The summed E-state index contributed by atoms with van der Waals surface area (Å²) in [7, 11) is -0.519. The second-order valence-corrected chi connectivity index (χ2v) is 10.5. The van der Waals surface area contributed by atoms with E-state index in [1.165, 1.54) is 50.1 Å². The molecule has 0 N–H and O–H groups in total. The van der Waals surface area contributed by atoms with Crippen molar-refractivity contribution in [3.8, 4) is 0 Å². The van der Waals surface area contributed by atoms with Crippen LogP contribution in [0.1, 0.15) is 50.1 Å². The van der Waals surface area contributed by atoms with Crippen LogP contribution in [-0.2, 0) is 6.42 Å². The van der Waals surface area contributed by atoms with Gasteiger partial charge in [-0.3, -0.25) is 0 Å². The van der Waals surface area contributed by atoms with Gasteiger partial charge in [-0.25, -0.2) is 0 Å². The maximum atomic E-state index is 2.43. The number of rotatable bonds is 1. The fraction of sp³-hybridized carbons (Fsp3) is 0.308. The summed E-state index contributed by atoms with van der Waals surface area (Å²) in [5.74, 6) is 0. The molecule has 0 aliphatic carbocycles. The van der Waals surface area contributed by atoms with E-state index in [2.05, 4.69) is 84.9 Å². The molecule has 27 heavy (non-hydrogen) atoms. The molecule has 1 aliphatic rings. The van der Waals surface area contributed by atoms with Gasteiger partial charge in [-0.2, -0.15) is 0 Å². The zero-order valence-electron chi connectivity index (χ0n) is 17.6. The third-order valence-electron chi connectivity index (χ3n) is 5.73. The van der Waals surface area contributed by atoms with Crippen molar-refractivity contribution in [2.75, 3.05) is 0 Å². The lowest BCUT2D eigenvalue weighted by Gasteiger charge is -2.34. The monoisotopic (exact) mass is 372 g/mol. The Bertz CT molecular complexity index is 959. The summed E-state index contributed by atoms with van der Waals surface area (Å²) in [4.78, 5) is 0. The maximum Gasteiger partial charge on any atom is -0.00122 e. The van der Waals surface area contributed by atoms with Crippen molar-refractivity contribution < 1.29 is 0 Å². The van der Waals surface area contributed by atoms with Crippen molar-refractivity contribution in [2.24, 2.45) is 0 Å². The quantitative estimate of drug-likeness (QED) is 0.387. The van der Waals surface area contributed by atoms with E-state index in [1.807, 2.05) is 0 Å². The number of aryl methyl sites for hydroxylation is 7. The third-order valence-corrected chi connectivity index (χ3v) is 9.06. The Morgan fingerprint density at radius 3 is 1.22 bits per heavy atom. The molecule has 4 rings (SSSR count). The van der Waals surface area contributed by atoms with Gasteiger partial charge >= 0.3 is 0 Å². The van der Waals surface area contributed by atoms with E-state index in [-0.39, 0.29) is 0 Å². The number of hydrogen-bond acceptors (Lipinski definition) is 0. The molecule has 0 bridgehead atoms. The van der Waals surface area contributed by atoms with E-state index in [4.69, 9.17) is 0 Å². The third kappa shape index (κ3) is 3.05. The molecule has 0 radical (unpaired) electrons. The summed E-state index contributed by atoms with van der Waals surface area (Å²) in [6.07, 6.45) is 1.07. The molecule has 0 aromatic heterocycles. The van der Waals surface area contributed by atoms with Crippen LogP contribution in [0, 0.1) is 48.5 Å². The second kappa shape index (κ2) is 6.61. The number of benzene rings is 3. The molecule has 0 unspecified atom stereocenters. The lowest BCUT2D eigenvalue weighted by Crippen LogP contribution is -2.35. The van der Waals surface area contributed by atoms with Crippen molar-refractivity contribution in [3.63, 3.8) is 0 Å². The second-order valence-electron chi connectivity index (χ2n) is 8.44. The average Bonchev–Trinajstić information content (AvgIpc) is 2.51. The Morgan fingerprint density at radius 2 is 0.815 bits per heavy atom. The van der Waals surface area contributed by atoms with Gasteiger partial charge < -0.3 is 0 Å². The predicted molar refractivity (Wildman–Crippen MR) is 121 cm³/mol. The van der Waals surface area contributed by atoms with E-state index in [9.17, 15) is 0 Å². The van der Waals surface area contributed by atoms with E-state index < -0.39 is 7.92 Å². The minimum atomic E-state index is -0.519. The first-order valence-electron chi connectivity index (χ1n) is 9.84. The summed E-state index contributed by atoms with van der Waals surface area (Å²) in [5.41, 5.74) is 13.0. The summed E-state index contributed by atoms with van der Waals surface area (Å²) < 4.78 is 0. The molecule has 3 aromatic carbocycles. The van der Waals surface area contributed by atoms with Gasteiger partial charge in [-0.1, -0.05) is 53.1 Å². The molecule has 0 spiro atoms. The molecule has 1 aliphatic heterocycles. The molecule has 3 aromatic rings. The molecule has 0 nitrogen and oxygen atoms in total. The maximum absolute atomic E-state index is 2.43. The normalized spacial score (nSPS) is 13.4. The Kier molecular flexibility index (Phi) is 4.52. The zero-order chi connectivity index (χ0) is 19.5. The smallest absolute Gasteiger partial charge is 0.00122 e. The lowest BCUT2D eigenvalue weighted by atomic mass is 9.97. The number of fused-ring (bicyclic) bond motifs is 2. The van der Waals surface area contributed by atoms with E-state index in [1.54, 1.807) is 15.9 Å². The first kappa shape index (κ1) is 18.5. The van der Waals surface area contributed by atoms with Gasteiger partial charge in [0.1, 0.15) is 0 Å². The minimum Gasteiger partial charge on any atom is -0.0557 e. The van der Waals surface area contributed by atoms with Crippen LogP contribution in [0.25, 0.3) is 0 Å². The van der Waals surface area contributed by atoms with Crippen LogP contribution in [0.3, 0.4) is 0 Å². The molecule has 0 saturated carbocycles. The minimum absolute atomic E-state index is 0.519. The summed E-state index contributed by atoms with van der Waals surface area (Å²) in [6.45, 7) is 15.9. The first-order chi connectivity index (χ1) is 12.8. The fourth-order valence-corrected chi connectivity index (χ4v) is 8.27. The first-order valence-corrected chi connectivity index (χ1v) is 11.2. The molecule has 0 fully saturated rings. The van der Waals surface area contributed by atoms with Gasteiger partial charge in [0.05, 0.1) is 0 Å². The molecule has 1 heterocycles. The van der Waals surface area contributed by atoms with Crippen molar-refractivity contribution in [2.45, 2.75) is 54.9 Å². The van der Waals surface area contributed by atoms with Crippen LogP contribution >= 0.6 is 7.92 Å². The number of hydrogen-bond donors (Lipinski definition) is 0. The summed E-state index contributed by atoms with van der Waals surface area (Å²) in [5, 5.41) is 4.77. The molecule has 0 saturated heterocycles. The average molecular weight is 372 g/mol. The molecule has 1 heteroatoms. The van der Waals surface area contributed by atoms with Gasteiger partial charge in [0.25, 0.3) is 0 Å². The van der Waals surface area contributed by atoms with Crippen LogP contribution in [0.2, 0.25) is 0 Å². The van der Waals surface area contributed by atoms with Crippen LogP contribution in [0.15, 0.2) is 36.4 Å². The largest absolute Gasteiger partial charge is 0.0557 e. The van der Waals surface area contributed by atoms with Crippen LogP contribution in [0.5, 0.6) is 0 Å². The molecule has 0 amide bonds. The van der Waals surface area contributed by atoms with Crippen molar-refractivity contribution in [1.29, 1.82) is 0 Å². The highest BCUT2D eigenvalue weighted by Gasteiger charge is 2.31. The summed E-state index contributed by atoms with van der Waals surface area (Å²) >= 11 is 0. The van der Waals surface area contributed by atoms with E-state index in [0.717, 1.165) is 6.42 Å². The zero-order valence-corrected chi connectivity index (χ0v) is 18.5. The van der Waals surface area contributed by atoms with E-state index in [0.29, 0.717) is 0 Å². The standard InChI is InChI=1S/C26H29P/c1-15-8-18(4)24(19(5)9-15)27-25-20(6)10-16(2)12-22(25)14-23-13-17(3)11-21(7)26(23)27/h8-13H,14H2,1-7H3. The molecule has 138 valence electrons. The fourth-order valence-electron chi connectivity index (χ4n) is 5.07. The molecular weight excluding hydrogens is 343 g/mol. The van der Waals surface area contributed by atoms with Crippen molar-refractivity contribution in [1.82, 2.24) is 0 Å². The van der Waals surface area contributed by atoms with Gasteiger partial charge in [-0.15, -0.1) is 0 Å². The predicted octanol–water partition coefficient (Wildman–Crippen LogP) is 5.51. The van der Waals surface area contributed by atoms with Gasteiger partial charge in [0.2, 0.25) is 0 Å². The van der Waals surface area contributed by atoms with Gasteiger partial charge in [0.15, 0.2) is 0 Å². The lowest BCUT2D eigenvalue weighted by molar-refractivity contribution is 1.17. The van der Waals surface area contributed by atoms with Gasteiger partial charge in [-0.05, 0) is 112 Å². The Hall–Kier alpha value is -1.91. The topological polar surface area (TPSA) is 0 Å². The summed E-state index contributed by atoms with van der Waals surface area (Å²) in [6, 6.07) is 14.3. The molecule has 0 atom stereocenters. The highest BCUT2D eigenvalue weighted by molar-refractivity contribution is 7.80. The van der Waals surface area contributed by atoms with Crippen LogP contribution in [-0.4, -0.2) is 0 Å². The SMILES string of the molecule is Cc1cc(C)c(P2c3c(C)cc(C)cc3Cc3cc(C)cc(C)c32)c(C)c1. The van der Waals surface area contributed by atoms with E-state index >= 15 is 0 Å².